The van der Waals surface area contributed by atoms with Gasteiger partial charge in [0.2, 0.25) is 0 Å². The maximum absolute atomic E-state index is 12.3. The molecule has 2 aliphatic rings. The lowest BCUT2D eigenvalue weighted by atomic mass is 9.69. The number of ether oxygens (including phenoxy) is 2. The second kappa shape index (κ2) is 5.55. The minimum absolute atomic E-state index is 0.0976. The fourth-order valence-corrected chi connectivity index (χ4v) is 3.71. The van der Waals surface area contributed by atoms with Crippen LogP contribution in [0.2, 0.25) is 0 Å². The van der Waals surface area contributed by atoms with Crippen molar-refractivity contribution in [3.63, 3.8) is 0 Å². The Morgan fingerprint density at radius 1 is 1.32 bits per heavy atom. The van der Waals surface area contributed by atoms with E-state index in [4.69, 9.17) is 9.47 Å². The molecule has 1 spiro atoms. The zero-order valence-electron chi connectivity index (χ0n) is 13.0. The zero-order valence-corrected chi connectivity index (χ0v) is 13.0. The molecule has 2 rings (SSSR count). The normalized spacial score (nSPS) is 29.1. The van der Waals surface area contributed by atoms with E-state index < -0.39 is 22.8 Å². The van der Waals surface area contributed by atoms with Crippen LogP contribution < -0.4 is 0 Å². The number of carbonyl (C=O) groups is 3. The summed E-state index contributed by atoms with van der Waals surface area (Å²) in [5.74, 6) is -1.48. The summed E-state index contributed by atoms with van der Waals surface area (Å²) in [6.45, 7) is 5.67. The Morgan fingerprint density at radius 3 is 2.36 bits per heavy atom. The maximum Gasteiger partial charge on any atom is 0.323 e. The summed E-state index contributed by atoms with van der Waals surface area (Å²) in [4.78, 5) is 36.2. The van der Waals surface area contributed by atoms with Gasteiger partial charge in [0.25, 0.3) is 0 Å². The van der Waals surface area contributed by atoms with Gasteiger partial charge >= 0.3 is 11.9 Å². The molecule has 0 aromatic rings. The maximum atomic E-state index is 12.3. The predicted octanol–water partition coefficient (Wildman–Crippen LogP) is 1.99. The lowest BCUT2D eigenvalue weighted by Gasteiger charge is -2.34. The quantitative estimate of drug-likeness (QED) is 0.453. The van der Waals surface area contributed by atoms with Gasteiger partial charge in [0, 0.05) is 5.41 Å². The molecule has 5 nitrogen and oxygen atoms in total. The molecule has 5 heteroatoms. The van der Waals surface area contributed by atoms with E-state index >= 15 is 0 Å². The van der Waals surface area contributed by atoms with Gasteiger partial charge < -0.3 is 9.47 Å². The highest BCUT2D eigenvalue weighted by Crippen LogP contribution is 2.59. The van der Waals surface area contributed by atoms with Crippen LogP contribution in [0.5, 0.6) is 0 Å². The van der Waals surface area contributed by atoms with E-state index in [0.29, 0.717) is 0 Å². The van der Waals surface area contributed by atoms with Crippen LogP contribution in [0.3, 0.4) is 0 Å². The first-order valence-electron chi connectivity index (χ1n) is 7.07. The second-order valence-corrected chi connectivity index (χ2v) is 5.89. The molecule has 0 bridgehead atoms. The number of allylic oxidation sites excluding steroid dienone is 5. The summed E-state index contributed by atoms with van der Waals surface area (Å²) >= 11 is 0. The standard InChI is InChI=1S/C17H20O5/c1-5-12-9-17(14(19)21-3,15(20)22-4)10-16(12)7-6-13(18)8-11(16)2/h5-8,12H,1,9-10H2,2-4H3/t12-,16+/m0/s1. The third-order valence-electron chi connectivity index (χ3n) is 4.90. The van der Waals surface area contributed by atoms with Crippen LogP contribution in [-0.2, 0) is 23.9 Å². The molecule has 0 amide bonds. The highest BCUT2D eigenvalue weighted by molar-refractivity contribution is 6.03. The molecule has 0 radical (unpaired) electrons. The Labute approximate surface area is 129 Å². The number of esters is 2. The number of carbonyl (C=O) groups excluding carboxylic acids is 3. The molecule has 22 heavy (non-hydrogen) atoms. The fraction of sp³-hybridized carbons (Fsp3) is 0.471. The van der Waals surface area contributed by atoms with Gasteiger partial charge in [0.05, 0.1) is 14.2 Å². The number of ketones is 1. The van der Waals surface area contributed by atoms with E-state index in [1.165, 1.54) is 20.3 Å². The average molecular weight is 304 g/mol. The predicted molar refractivity (Wildman–Crippen MR) is 79.7 cm³/mol. The number of rotatable bonds is 3. The lowest BCUT2D eigenvalue weighted by molar-refractivity contribution is -0.169. The molecule has 0 aromatic heterocycles. The number of hydrogen-bond donors (Lipinski definition) is 0. The van der Waals surface area contributed by atoms with Crippen LogP contribution in [0.1, 0.15) is 19.8 Å². The summed E-state index contributed by atoms with van der Waals surface area (Å²) in [6.07, 6.45) is 6.99. The van der Waals surface area contributed by atoms with Crippen molar-refractivity contribution in [3.05, 3.63) is 36.5 Å². The van der Waals surface area contributed by atoms with E-state index in [-0.39, 0.29) is 24.5 Å². The second-order valence-electron chi connectivity index (χ2n) is 5.89. The van der Waals surface area contributed by atoms with Gasteiger partial charge in [-0.2, -0.15) is 0 Å². The van der Waals surface area contributed by atoms with Gasteiger partial charge in [-0.1, -0.05) is 17.7 Å². The van der Waals surface area contributed by atoms with Gasteiger partial charge in [0.15, 0.2) is 11.2 Å². The molecule has 0 saturated heterocycles. The van der Waals surface area contributed by atoms with Crippen molar-refractivity contribution in [1.82, 2.24) is 0 Å². The van der Waals surface area contributed by atoms with Crippen LogP contribution in [-0.4, -0.2) is 31.9 Å². The molecular weight excluding hydrogens is 284 g/mol. The molecule has 0 unspecified atom stereocenters. The van der Waals surface area contributed by atoms with Crippen LogP contribution in [0.4, 0.5) is 0 Å². The SMILES string of the molecule is C=C[C@H]1CC(C(=O)OC)(C(=O)OC)C[C@@]12C=CC(=O)C=C2C. The number of methoxy groups -OCH3 is 2. The highest BCUT2D eigenvalue weighted by atomic mass is 16.5. The van der Waals surface area contributed by atoms with Gasteiger partial charge in [-0.25, -0.2) is 0 Å². The smallest absolute Gasteiger partial charge is 0.323 e. The van der Waals surface area contributed by atoms with Crippen molar-refractivity contribution >= 4 is 17.7 Å². The van der Waals surface area contributed by atoms with Gasteiger partial charge in [-0.3, -0.25) is 14.4 Å². The molecule has 0 heterocycles. The Bertz CT molecular complexity index is 582. The van der Waals surface area contributed by atoms with Gasteiger partial charge in [-0.05, 0) is 37.8 Å². The van der Waals surface area contributed by atoms with E-state index in [1.54, 1.807) is 18.2 Å². The first-order chi connectivity index (χ1) is 10.4. The minimum atomic E-state index is -1.37. The highest BCUT2D eigenvalue weighted by Gasteiger charge is 2.62. The van der Waals surface area contributed by atoms with Crippen molar-refractivity contribution < 1.29 is 23.9 Å². The number of hydrogen-bond acceptors (Lipinski definition) is 5. The van der Waals surface area contributed by atoms with Crippen molar-refractivity contribution in [2.45, 2.75) is 19.8 Å². The fourth-order valence-electron chi connectivity index (χ4n) is 3.71. The van der Waals surface area contributed by atoms with Crippen molar-refractivity contribution in [2.75, 3.05) is 14.2 Å². The average Bonchev–Trinajstić information content (AvgIpc) is 2.86. The Kier molecular flexibility index (Phi) is 4.09. The summed E-state index contributed by atoms with van der Waals surface area (Å²) < 4.78 is 9.72. The Morgan fingerprint density at radius 2 is 1.91 bits per heavy atom. The third-order valence-corrected chi connectivity index (χ3v) is 4.90. The lowest BCUT2D eigenvalue weighted by Crippen LogP contribution is -2.40. The van der Waals surface area contributed by atoms with E-state index in [9.17, 15) is 14.4 Å². The first-order valence-corrected chi connectivity index (χ1v) is 7.07. The van der Waals surface area contributed by atoms with Gasteiger partial charge in [-0.15, -0.1) is 6.58 Å². The summed E-state index contributed by atoms with van der Waals surface area (Å²) in [5.41, 5.74) is -1.14. The zero-order chi connectivity index (χ0) is 16.5. The first kappa shape index (κ1) is 16.2. The molecule has 118 valence electrons. The molecule has 1 saturated carbocycles. The molecule has 0 aromatic carbocycles. The molecule has 2 aliphatic carbocycles. The molecular formula is C17H20O5. The van der Waals surface area contributed by atoms with Crippen LogP contribution >= 0.6 is 0 Å². The van der Waals surface area contributed by atoms with Gasteiger partial charge in [0.1, 0.15) is 0 Å². The Hall–Kier alpha value is -2.17. The van der Waals surface area contributed by atoms with Crippen LogP contribution in [0.25, 0.3) is 0 Å². The van der Waals surface area contributed by atoms with Crippen molar-refractivity contribution in [1.29, 1.82) is 0 Å². The monoisotopic (exact) mass is 304 g/mol. The van der Waals surface area contributed by atoms with E-state index in [2.05, 4.69) is 6.58 Å². The Balaban J connectivity index is 2.56. The molecule has 1 fully saturated rings. The molecule has 0 aliphatic heterocycles. The summed E-state index contributed by atoms with van der Waals surface area (Å²) in [7, 11) is 2.51. The molecule has 0 N–H and O–H groups in total. The van der Waals surface area contributed by atoms with Crippen molar-refractivity contribution in [3.8, 4) is 0 Å². The summed E-state index contributed by atoms with van der Waals surface area (Å²) in [6, 6.07) is 0. The van der Waals surface area contributed by atoms with E-state index in [0.717, 1.165) is 5.57 Å². The van der Waals surface area contributed by atoms with Crippen molar-refractivity contribution in [2.24, 2.45) is 16.7 Å². The third kappa shape index (κ3) is 2.12. The topological polar surface area (TPSA) is 69.7 Å². The minimum Gasteiger partial charge on any atom is -0.468 e. The van der Waals surface area contributed by atoms with Crippen LogP contribution in [0.15, 0.2) is 36.5 Å². The summed E-state index contributed by atoms with van der Waals surface area (Å²) in [5, 5.41) is 0. The van der Waals surface area contributed by atoms with Crippen LogP contribution in [0, 0.1) is 16.7 Å². The molecule has 2 atom stereocenters. The largest absolute Gasteiger partial charge is 0.468 e. The van der Waals surface area contributed by atoms with E-state index in [1.807, 2.05) is 6.92 Å².